The monoisotopic (exact) mass is 384 g/mol. The molecule has 0 bridgehead atoms. The molecule has 2 aromatic carbocycles. The van der Waals surface area contributed by atoms with Gasteiger partial charge in [0.2, 0.25) is 0 Å². The molecule has 0 heterocycles. The van der Waals surface area contributed by atoms with Crippen LogP contribution in [0.15, 0.2) is 53.5 Å². The van der Waals surface area contributed by atoms with Crippen molar-refractivity contribution in [3.05, 3.63) is 70.2 Å². The van der Waals surface area contributed by atoms with E-state index in [1.807, 2.05) is 42.5 Å². The van der Waals surface area contributed by atoms with Gasteiger partial charge >= 0.3 is 0 Å². The number of hydrogen-bond donors (Lipinski definition) is 2. The van der Waals surface area contributed by atoms with E-state index in [0.29, 0.717) is 24.1 Å². The van der Waals surface area contributed by atoms with E-state index in [4.69, 9.17) is 11.6 Å². The number of hydrogen-bond acceptors (Lipinski definition) is 2. The van der Waals surface area contributed by atoms with Gasteiger partial charge in [0.05, 0.1) is 0 Å². The van der Waals surface area contributed by atoms with Crippen LogP contribution in [0.3, 0.4) is 0 Å². The zero-order chi connectivity index (χ0) is 19.4. The molecule has 1 saturated carbocycles. The number of nitrogens with one attached hydrogen (secondary N) is 2. The second-order valence-electron chi connectivity index (χ2n) is 6.97. The van der Waals surface area contributed by atoms with Crippen LogP contribution in [0.1, 0.15) is 33.8 Å². The van der Waals surface area contributed by atoms with Crippen molar-refractivity contribution in [2.45, 2.75) is 24.9 Å². The molecule has 6 heteroatoms. The third-order valence-electron chi connectivity index (χ3n) is 4.68. The third-order valence-corrected chi connectivity index (χ3v) is 4.92. The first-order valence-corrected chi connectivity index (χ1v) is 9.39. The van der Waals surface area contributed by atoms with Crippen molar-refractivity contribution in [3.8, 4) is 0 Å². The SMILES string of the molecule is CN=C(NCc1ccc(C(=O)N(C)C)cc1)NC1CC1c1cccc(Cl)c1. The summed E-state index contributed by atoms with van der Waals surface area (Å²) in [5, 5.41) is 7.56. The zero-order valence-corrected chi connectivity index (χ0v) is 16.6. The zero-order valence-electron chi connectivity index (χ0n) is 15.9. The van der Waals surface area contributed by atoms with Crippen LogP contribution in [0.25, 0.3) is 0 Å². The Hall–Kier alpha value is -2.53. The second-order valence-corrected chi connectivity index (χ2v) is 7.41. The lowest BCUT2D eigenvalue weighted by Gasteiger charge is -2.13. The molecule has 1 fully saturated rings. The molecule has 142 valence electrons. The summed E-state index contributed by atoms with van der Waals surface area (Å²) >= 11 is 6.08. The minimum absolute atomic E-state index is 0.00720. The first kappa shape index (κ1) is 19.2. The minimum atomic E-state index is 0.00720. The summed E-state index contributed by atoms with van der Waals surface area (Å²) in [5.41, 5.74) is 3.04. The lowest BCUT2D eigenvalue weighted by atomic mass is 10.1. The molecule has 1 aliphatic carbocycles. The van der Waals surface area contributed by atoms with E-state index in [-0.39, 0.29) is 5.91 Å². The fourth-order valence-electron chi connectivity index (χ4n) is 3.04. The van der Waals surface area contributed by atoms with Crippen molar-refractivity contribution in [1.29, 1.82) is 0 Å². The van der Waals surface area contributed by atoms with Gasteiger partial charge in [0, 0.05) is 50.2 Å². The number of halogens is 1. The van der Waals surface area contributed by atoms with E-state index in [2.05, 4.69) is 21.7 Å². The molecule has 0 spiro atoms. The molecular formula is C21H25ClN4O. The number of carbonyl (C=O) groups is 1. The van der Waals surface area contributed by atoms with E-state index >= 15 is 0 Å². The van der Waals surface area contributed by atoms with Gasteiger partial charge in [-0.2, -0.15) is 0 Å². The smallest absolute Gasteiger partial charge is 0.253 e. The summed E-state index contributed by atoms with van der Waals surface area (Å²) in [7, 11) is 5.27. The Morgan fingerprint density at radius 2 is 1.96 bits per heavy atom. The van der Waals surface area contributed by atoms with Crippen LogP contribution in [0, 0.1) is 0 Å². The molecule has 0 aliphatic heterocycles. The molecule has 0 aromatic heterocycles. The Balaban J connectivity index is 1.51. The number of benzene rings is 2. The van der Waals surface area contributed by atoms with E-state index in [0.717, 1.165) is 23.0 Å². The average molecular weight is 385 g/mol. The van der Waals surface area contributed by atoms with Crippen LogP contribution in [0.4, 0.5) is 0 Å². The van der Waals surface area contributed by atoms with Crippen molar-refractivity contribution in [3.63, 3.8) is 0 Å². The number of guanidine groups is 1. The highest BCUT2D eigenvalue weighted by atomic mass is 35.5. The molecule has 1 aliphatic rings. The van der Waals surface area contributed by atoms with Gasteiger partial charge < -0.3 is 15.5 Å². The van der Waals surface area contributed by atoms with Gasteiger partial charge in [-0.25, -0.2) is 0 Å². The quantitative estimate of drug-likeness (QED) is 0.614. The predicted molar refractivity (Wildman–Crippen MR) is 110 cm³/mol. The fourth-order valence-corrected chi connectivity index (χ4v) is 3.24. The lowest BCUT2D eigenvalue weighted by molar-refractivity contribution is 0.0827. The Morgan fingerprint density at radius 3 is 2.59 bits per heavy atom. The van der Waals surface area contributed by atoms with Crippen LogP contribution in [-0.4, -0.2) is 44.0 Å². The van der Waals surface area contributed by atoms with Crippen molar-refractivity contribution in [2.24, 2.45) is 4.99 Å². The maximum atomic E-state index is 11.9. The number of nitrogens with zero attached hydrogens (tertiary/aromatic N) is 2. The largest absolute Gasteiger partial charge is 0.353 e. The standard InChI is InChI=1S/C21H25ClN4O/c1-23-21(25-19-12-18(19)16-5-4-6-17(22)11-16)24-13-14-7-9-15(10-8-14)20(27)26(2)3/h4-11,18-19H,12-13H2,1-3H3,(H2,23,24,25). The Kier molecular flexibility index (Phi) is 6.01. The minimum Gasteiger partial charge on any atom is -0.353 e. The Labute approximate surface area is 165 Å². The third kappa shape index (κ3) is 5.01. The molecule has 27 heavy (non-hydrogen) atoms. The molecule has 1 amide bonds. The Morgan fingerprint density at radius 1 is 1.22 bits per heavy atom. The maximum absolute atomic E-state index is 11.9. The molecular weight excluding hydrogens is 360 g/mol. The summed E-state index contributed by atoms with van der Waals surface area (Å²) in [5.74, 6) is 1.25. The van der Waals surface area contributed by atoms with Crippen LogP contribution in [0.2, 0.25) is 5.02 Å². The maximum Gasteiger partial charge on any atom is 0.253 e. The lowest BCUT2D eigenvalue weighted by Crippen LogP contribution is -2.38. The highest BCUT2D eigenvalue weighted by molar-refractivity contribution is 6.30. The first-order valence-electron chi connectivity index (χ1n) is 9.01. The van der Waals surface area contributed by atoms with Gasteiger partial charge in [0.15, 0.2) is 5.96 Å². The summed E-state index contributed by atoms with van der Waals surface area (Å²) in [6.45, 7) is 0.644. The highest BCUT2D eigenvalue weighted by Gasteiger charge is 2.39. The Bertz CT molecular complexity index is 832. The topological polar surface area (TPSA) is 56.7 Å². The fraction of sp³-hybridized carbons (Fsp3) is 0.333. The number of rotatable bonds is 5. The van der Waals surface area contributed by atoms with Gasteiger partial charge in [-0.3, -0.25) is 9.79 Å². The van der Waals surface area contributed by atoms with Gasteiger partial charge in [-0.1, -0.05) is 35.9 Å². The van der Waals surface area contributed by atoms with Crippen LogP contribution in [0.5, 0.6) is 0 Å². The van der Waals surface area contributed by atoms with E-state index < -0.39 is 0 Å². The number of carbonyl (C=O) groups excluding carboxylic acids is 1. The molecule has 5 nitrogen and oxygen atoms in total. The van der Waals surface area contributed by atoms with Crippen LogP contribution >= 0.6 is 11.6 Å². The number of amides is 1. The van der Waals surface area contributed by atoms with Crippen molar-refractivity contribution in [2.75, 3.05) is 21.1 Å². The van der Waals surface area contributed by atoms with Crippen molar-refractivity contribution in [1.82, 2.24) is 15.5 Å². The molecule has 0 saturated heterocycles. The second kappa shape index (κ2) is 8.44. The normalized spacial score (nSPS) is 18.7. The van der Waals surface area contributed by atoms with Crippen molar-refractivity contribution < 1.29 is 4.79 Å². The summed E-state index contributed by atoms with van der Waals surface area (Å²) in [6.07, 6.45) is 1.07. The van der Waals surface area contributed by atoms with Gasteiger partial charge in [-0.15, -0.1) is 0 Å². The molecule has 2 aromatic rings. The van der Waals surface area contributed by atoms with E-state index in [1.165, 1.54) is 5.56 Å². The first-order chi connectivity index (χ1) is 13.0. The molecule has 2 unspecified atom stereocenters. The van der Waals surface area contributed by atoms with E-state index in [1.54, 1.807) is 26.0 Å². The predicted octanol–water partition coefficient (Wildman–Crippen LogP) is 3.26. The molecule has 3 rings (SSSR count). The van der Waals surface area contributed by atoms with Gasteiger partial charge in [-0.05, 0) is 41.8 Å². The summed E-state index contributed by atoms with van der Waals surface area (Å²) in [6, 6.07) is 16.0. The summed E-state index contributed by atoms with van der Waals surface area (Å²) < 4.78 is 0. The molecule has 2 atom stereocenters. The highest BCUT2D eigenvalue weighted by Crippen LogP contribution is 2.41. The number of aliphatic imine (C=N–C) groups is 1. The van der Waals surface area contributed by atoms with Gasteiger partial charge in [0.1, 0.15) is 0 Å². The van der Waals surface area contributed by atoms with Crippen molar-refractivity contribution >= 4 is 23.5 Å². The van der Waals surface area contributed by atoms with Crippen LogP contribution in [-0.2, 0) is 6.54 Å². The molecule has 0 radical (unpaired) electrons. The summed E-state index contributed by atoms with van der Waals surface area (Å²) in [4.78, 5) is 17.8. The van der Waals surface area contributed by atoms with Gasteiger partial charge in [0.25, 0.3) is 5.91 Å². The van der Waals surface area contributed by atoms with E-state index in [9.17, 15) is 4.79 Å². The average Bonchev–Trinajstić information content (AvgIpc) is 3.44. The molecule has 2 N–H and O–H groups in total. The van der Waals surface area contributed by atoms with Crippen LogP contribution < -0.4 is 10.6 Å².